The third kappa shape index (κ3) is 3.43. The minimum atomic E-state index is -0.524. The predicted octanol–water partition coefficient (Wildman–Crippen LogP) is 4.07. The van der Waals surface area contributed by atoms with Crippen molar-refractivity contribution in [3.63, 3.8) is 0 Å². The summed E-state index contributed by atoms with van der Waals surface area (Å²) in [6.45, 7) is 0.324. The number of para-hydroxylation sites is 1. The Labute approximate surface area is 134 Å². The average molecular weight is 306 g/mol. The lowest BCUT2D eigenvalue weighted by Gasteiger charge is -2.23. The van der Waals surface area contributed by atoms with Crippen LogP contribution in [0.4, 0.5) is 10.1 Å². The molecule has 0 aliphatic carbocycles. The number of hydrogen-bond acceptors (Lipinski definition) is 2. The van der Waals surface area contributed by atoms with Crippen LogP contribution >= 0.6 is 0 Å². The average Bonchev–Trinajstić information content (AvgIpc) is 2.61. The molecule has 1 heterocycles. The van der Waals surface area contributed by atoms with E-state index in [2.05, 4.69) is 4.98 Å². The van der Waals surface area contributed by atoms with Crippen molar-refractivity contribution < 1.29 is 9.18 Å². The van der Waals surface area contributed by atoms with Crippen LogP contribution < -0.4 is 4.90 Å². The number of pyridine rings is 1. The molecule has 0 atom stereocenters. The summed E-state index contributed by atoms with van der Waals surface area (Å²) in [5, 5.41) is 0. The summed E-state index contributed by atoms with van der Waals surface area (Å²) in [6.07, 6.45) is 3.37. The summed E-state index contributed by atoms with van der Waals surface area (Å²) in [4.78, 5) is 18.5. The fourth-order valence-electron chi connectivity index (χ4n) is 2.34. The number of carbonyl (C=O) groups is 1. The maximum atomic E-state index is 14.0. The van der Waals surface area contributed by atoms with E-state index in [4.69, 9.17) is 0 Å². The molecule has 1 aromatic heterocycles. The third-order valence-corrected chi connectivity index (χ3v) is 3.48. The van der Waals surface area contributed by atoms with Crippen molar-refractivity contribution in [2.24, 2.45) is 0 Å². The lowest BCUT2D eigenvalue weighted by molar-refractivity contribution is 0.0981. The molecule has 0 N–H and O–H groups in total. The van der Waals surface area contributed by atoms with Gasteiger partial charge in [0.25, 0.3) is 5.91 Å². The second-order valence-electron chi connectivity index (χ2n) is 5.07. The van der Waals surface area contributed by atoms with Gasteiger partial charge in [-0.1, -0.05) is 36.4 Å². The summed E-state index contributed by atoms with van der Waals surface area (Å²) in [5.74, 6) is -0.900. The highest BCUT2D eigenvalue weighted by Gasteiger charge is 2.20. The van der Waals surface area contributed by atoms with E-state index in [-0.39, 0.29) is 11.5 Å². The number of anilines is 1. The molecule has 0 aliphatic heterocycles. The van der Waals surface area contributed by atoms with E-state index in [1.807, 2.05) is 42.5 Å². The lowest BCUT2D eigenvalue weighted by Crippen LogP contribution is -2.31. The molecule has 3 rings (SSSR count). The number of halogens is 1. The van der Waals surface area contributed by atoms with Crippen molar-refractivity contribution >= 4 is 11.6 Å². The molecular formula is C19H15FN2O. The van der Waals surface area contributed by atoms with Crippen LogP contribution in [0, 0.1) is 5.82 Å². The van der Waals surface area contributed by atoms with E-state index >= 15 is 0 Å². The van der Waals surface area contributed by atoms with Crippen LogP contribution in [-0.4, -0.2) is 10.9 Å². The topological polar surface area (TPSA) is 33.2 Å². The minimum absolute atomic E-state index is 0.0558. The van der Waals surface area contributed by atoms with Crippen molar-refractivity contribution in [1.29, 1.82) is 0 Å². The van der Waals surface area contributed by atoms with E-state index in [1.165, 1.54) is 12.1 Å². The molecule has 2 aromatic carbocycles. The van der Waals surface area contributed by atoms with Gasteiger partial charge in [0.05, 0.1) is 12.1 Å². The highest BCUT2D eigenvalue weighted by molar-refractivity contribution is 6.06. The van der Waals surface area contributed by atoms with Crippen LogP contribution in [-0.2, 0) is 6.54 Å². The second-order valence-corrected chi connectivity index (χ2v) is 5.07. The van der Waals surface area contributed by atoms with Crippen molar-refractivity contribution in [3.05, 3.63) is 96.1 Å². The van der Waals surface area contributed by atoms with E-state index in [0.717, 1.165) is 5.56 Å². The van der Waals surface area contributed by atoms with E-state index in [1.54, 1.807) is 29.4 Å². The molecule has 114 valence electrons. The van der Waals surface area contributed by atoms with E-state index in [9.17, 15) is 9.18 Å². The molecule has 0 spiro atoms. The van der Waals surface area contributed by atoms with Crippen LogP contribution in [0.5, 0.6) is 0 Å². The van der Waals surface area contributed by atoms with Crippen molar-refractivity contribution in [3.8, 4) is 0 Å². The van der Waals surface area contributed by atoms with E-state index < -0.39 is 5.82 Å². The zero-order valence-electron chi connectivity index (χ0n) is 12.4. The Morgan fingerprint density at radius 3 is 2.39 bits per heavy atom. The zero-order chi connectivity index (χ0) is 16.1. The monoisotopic (exact) mass is 306 g/mol. The molecular weight excluding hydrogens is 291 g/mol. The number of benzene rings is 2. The Morgan fingerprint density at radius 1 is 0.957 bits per heavy atom. The van der Waals surface area contributed by atoms with Crippen molar-refractivity contribution in [1.82, 2.24) is 4.98 Å². The van der Waals surface area contributed by atoms with Gasteiger partial charge in [0.1, 0.15) is 5.82 Å². The van der Waals surface area contributed by atoms with Gasteiger partial charge in [0, 0.05) is 18.1 Å². The molecule has 0 saturated heterocycles. The Kier molecular flexibility index (Phi) is 4.43. The molecule has 3 aromatic rings. The van der Waals surface area contributed by atoms with Gasteiger partial charge in [0.15, 0.2) is 0 Å². The largest absolute Gasteiger partial charge is 0.304 e. The van der Waals surface area contributed by atoms with Gasteiger partial charge in [-0.3, -0.25) is 9.78 Å². The first-order valence-electron chi connectivity index (χ1n) is 7.26. The zero-order valence-corrected chi connectivity index (χ0v) is 12.4. The molecule has 0 fully saturated rings. The van der Waals surface area contributed by atoms with Gasteiger partial charge in [-0.15, -0.1) is 0 Å². The van der Waals surface area contributed by atoms with Crippen LogP contribution in [0.25, 0.3) is 0 Å². The van der Waals surface area contributed by atoms with Crippen molar-refractivity contribution in [2.75, 3.05) is 4.90 Å². The van der Waals surface area contributed by atoms with Crippen LogP contribution in [0.1, 0.15) is 15.9 Å². The number of hydrogen-bond donors (Lipinski definition) is 0. The summed E-state index contributed by atoms with van der Waals surface area (Å²) in [5.41, 5.74) is 1.64. The Balaban J connectivity index is 1.98. The normalized spacial score (nSPS) is 10.3. The Hall–Kier alpha value is -3.01. The number of carbonyl (C=O) groups excluding carboxylic acids is 1. The molecule has 4 heteroatoms. The first-order chi connectivity index (χ1) is 11.3. The summed E-state index contributed by atoms with van der Waals surface area (Å²) in [6, 6.07) is 18.9. The van der Waals surface area contributed by atoms with Crippen LogP contribution in [0.2, 0.25) is 0 Å². The van der Waals surface area contributed by atoms with Gasteiger partial charge in [-0.2, -0.15) is 0 Å². The molecule has 3 nitrogen and oxygen atoms in total. The number of rotatable bonds is 4. The first-order valence-corrected chi connectivity index (χ1v) is 7.26. The fourth-order valence-corrected chi connectivity index (χ4v) is 2.34. The van der Waals surface area contributed by atoms with Crippen molar-refractivity contribution in [2.45, 2.75) is 6.54 Å². The SMILES string of the molecule is O=C(c1ccccc1F)N(Cc1cccnc1)c1ccccc1. The molecule has 23 heavy (non-hydrogen) atoms. The predicted molar refractivity (Wildman–Crippen MR) is 87.6 cm³/mol. The standard InChI is InChI=1S/C19H15FN2O/c20-18-11-5-4-10-17(18)19(23)22(16-8-2-1-3-9-16)14-15-7-6-12-21-13-15/h1-13H,14H2. The molecule has 0 unspecified atom stereocenters. The molecule has 0 bridgehead atoms. The maximum absolute atomic E-state index is 14.0. The Bertz CT molecular complexity index is 791. The molecule has 1 amide bonds. The summed E-state index contributed by atoms with van der Waals surface area (Å²) >= 11 is 0. The number of aromatic nitrogens is 1. The maximum Gasteiger partial charge on any atom is 0.261 e. The first kappa shape index (κ1) is 14.9. The summed E-state index contributed by atoms with van der Waals surface area (Å²) in [7, 11) is 0. The summed E-state index contributed by atoms with van der Waals surface area (Å²) < 4.78 is 14.0. The molecule has 0 aliphatic rings. The molecule has 0 saturated carbocycles. The fraction of sp³-hybridized carbons (Fsp3) is 0.0526. The highest BCUT2D eigenvalue weighted by atomic mass is 19.1. The smallest absolute Gasteiger partial charge is 0.261 e. The van der Waals surface area contributed by atoms with Gasteiger partial charge < -0.3 is 4.90 Å². The molecule has 0 radical (unpaired) electrons. The number of nitrogens with zero attached hydrogens (tertiary/aromatic N) is 2. The lowest BCUT2D eigenvalue weighted by atomic mass is 10.1. The van der Waals surface area contributed by atoms with Gasteiger partial charge in [0.2, 0.25) is 0 Å². The highest BCUT2D eigenvalue weighted by Crippen LogP contribution is 2.21. The van der Waals surface area contributed by atoms with Crippen LogP contribution in [0.15, 0.2) is 79.1 Å². The van der Waals surface area contributed by atoms with Gasteiger partial charge in [-0.05, 0) is 35.9 Å². The van der Waals surface area contributed by atoms with E-state index in [0.29, 0.717) is 12.2 Å². The van der Waals surface area contributed by atoms with Gasteiger partial charge in [-0.25, -0.2) is 4.39 Å². The quantitative estimate of drug-likeness (QED) is 0.728. The number of amides is 1. The second kappa shape index (κ2) is 6.83. The van der Waals surface area contributed by atoms with Crippen LogP contribution in [0.3, 0.4) is 0 Å². The third-order valence-electron chi connectivity index (χ3n) is 3.48. The minimum Gasteiger partial charge on any atom is -0.304 e. The van der Waals surface area contributed by atoms with Gasteiger partial charge >= 0.3 is 0 Å². The Morgan fingerprint density at radius 2 is 1.70 bits per heavy atom.